The summed E-state index contributed by atoms with van der Waals surface area (Å²) in [5, 5.41) is 13.8. The van der Waals surface area contributed by atoms with Crippen molar-refractivity contribution in [3.63, 3.8) is 0 Å². The van der Waals surface area contributed by atoms with E-state index >= 15 is 0 Å². The van der Waals surface area contributed by atoms with Crippen molar-refractivity contribution >= 4 is 34.2 Å². The number of fused-ring (bicyclic) bond motifs is 1. The van der Waals surface area contributed by atoms with Gasteiger partial charge >= 0.3 is 0 Å². The Morgan fingerprint density at radius 1 is 0.917 bits per heavy atom. The largest absolute Gasteiger partial charge is 0.492 e. The minimum Gasteiger partial charge on any atom is -0.492 e. The van der Waals surface area contributed by atoms with Crippen molar-refractivity contribution < 1.29 is 23.5 Å². The number of aryl methyl sites for hydroxylation is 1. The van der Waals surface area contributed by atoms with Crippen LogP contribution in [0, 0.1) is 5.82 Å². The first-order valence-electron chi connectivity index (χ1n) is 11.6. The molecule has 9 nitrogen and oxygen atoms in total. The number of nitrogens with one attached hydrogen (secondary N) is 2. The molecule has 0 saturated heterocycles. The third-order valence-corrected chi connectivity index (χ3v) is 5.26. The number of hydrogen-bond donors (Lipinski definition) is 2. The van der Waals surface area contributed by atoms with Crippen LogP contribution < -0.4 is 20.1 Å². The lowest BCUT2D eigenvalue weighted by molar-refractivity contribution is -0.116. The van der Waals surface area contributed by atoms with E-state index in [1.54, 1.807) is 23.7 Å². The van der Waals surface area contributed by atoms with Gasteiger partial charge in [-0.1, -0.05) is 23.4 Å². The van der Waals surface area contributed by atoms with Gasteiger partial charge in [-0.2, -0.15) is 0 Å². The molecule has 186 valence electrons. The second kappa shape index (κ2) is 11.3. The predicted octanol–water partition coefficient (Wildman–Crippen LogP) is 4.65. The number of anilines is 2. The van der Waals surface area contributed by atoms with Crippen molar-refractivity contribution in [3.05, 3.63) is 72.0 Å². The van der Waals surface area contributed by atoms with E-state index in [1.807, 2.05) is 31.2 Å². The predicted molar refractivity (Wildman–Crippen MR) is 134 cm³/mol. The molecule has 0 saturated carbocycles. The molecule has 0 aliphatic carbocycles. The molecule has 4 aromatic rings. The van der Waals surface area contributed by atoms with Gasteiger partial charge in [0.05, 0.1) is 36.6 Å². The highest BCUT2D eigenvalue weighted by atomic mass is 19.1. The van der Waals surface area contributed by atoms with E-state index in [0.717, 1.165) is 17.1 Å². The number of carbonyl (C=O) groups excluding carboxylic acids is 2. The maximum Gasteiger partial charge on any atom is 0.255 e. The number of hydrogen-bond acceptors (Lipinski definition) is 6. The topological polar surface area (TPSA) is 107 Å². The van der Waals surface area contributed by atoms with Gasteiger partial charge in [-0.3, -0.25) is 9.59 Å². The average Bonchev–Trinajstić information content (AvgIpc) is 3.28. The van der Waals surface area contributed by atoms with Crippen molar-refractivity contribution in [2.75, 3.05) is 23.8 Å². The second-order valence-electron chi connectivity index (χ2n) is 7.77. The van der Waals surface area contributed by atoms with Gasteiger partial charge in [-0.05, 0) is 44.2 Å². The number of aromatic nitrogens is 3. The molecule has 2 N–H and O–H groups in total. The summed E-state index contributed by atoms with van der Waals surface area (Å²) < 4.78 is 26.7. The molecule has 0 fully saturated rings. The van der Waals surface area contributed by atoms with Crippen LogP contribution in [0.1, 0.15) is 30.6 Å². The molecular weight excluding hydrogens is 465 g/mol. The Balaban J connectivity index is 1.52. The summed E-state index contributed by atoms with van der Waals surface area (Å²) in [4.78, 5) is 25.5. The summed E-state index contributed by atoms with van der Waals surface area (Å²) in [6.45, 7) is 4.61. The maximum absolute atomic E-state index is 13.6. The molecule has 10 heteroatoms. The number of para-hydroxylation sites is 1. The molecule has 0 bridgehead atoms. The number of benzene rings is 3. The van der Waals surface area contributed by atoms with Gasteiger partial charge in [-0.15, -0.1) is 5.10 Å². The fourth-order valence-corrected chi connectivity index (χ4v) is 3.63. The number of rotatable bonds is 10. The Morgan fingerprint density at radius 3 is 2.31 bits per heavy atom. The average molecular weight is 492 g/mol. The molecule has 0 unspecified atom stereocenters. The Kier molecular flexibility index (Phi) is 7.74. The quantitative estimate of drug-likeness (QED) is 0.334. The molecule has 1 aromatic heterocycles. The summed E-state index contributed by atoms with van der Waals surface area (Å²) in [6, 6.07) is 16.1. The molecule has 2 amide bonds. The Bertz CT molecular complexity index is 1390. The minimum atomic E-state index is -0.514. The van der Waals surface area contributed by atoms with Gasteiger partial charge < -0.3 is 20.1 Å². The molecular formula is C26H26FN5O4. The van der Waals surface area contributed by atoms with Gasteiger partial charge in [0.25, 0.3) is 5.91 Å². The monoisotopic (exact) mass is 491 g/mol. The smallest absolute Gasteiger partial charge is 0.255 e. The summed E-state index contributed by atoms with van der Waals surface area (Å²) in [6.07, 6.45) is 0.154. The minimum absolute atomic E-state index is 0.154. The standard InChI is InChI=1S/C26H26FN5O4/c1-3-35-23-16-21(29-26(34)17-8-7-9-18(27)14-17)24(36-4-2)15-20(23)28-25(33)12-13-32-22-11-6-5-10-19(22)30-31-32/h5-11,14-16H,3-4,12-13H2,1-2H3,(H,28,33)(H,29,34). The Hall–Kier alpha value is -4.47. The van der Waals surface area contributed by atoms with Crippen molar-refractivity contribution in [2.45, 2.75) is 26.8 Å². The lowest BCUT2D eigenvalue weighted by Gasteiger charge is -2.18. The van der Waals surface area contributed by atoms with Gasteiger partial charge in [0, 0.05) is 24.1 Å². The summed E-state index contributed by atoms with van der Waals surface area (Å²) in [7, 11) is 0. The van der Waals surface area contributed by atoms with Crippen molar-refractivity contribution in [1.82, 2.24) is 15.0 Å². The number of amides is 2. The van der Waals surface area contributed by atoms with Gasteiger partial charge in [0.15, 0.2) is 0 Å². The lowest BCUT2D eigenvalue weighted by atomic mass is 10.2. The highest BCUT2D eigenvalue weighted by Crippen LogP contribution is 2.37. The van der Waals surface area contributed by atoms with E-state index in [-0.39, 0.29) is 17.9 Å². The molecule has 1 heterocycles. The van der Waals surface area contributed by atoms with Crippen LogP contribution in [0.3, 0.4) is 0 Å². The first-order chi connectivity index (χ1) is 17.5. The van der Waals surface area contributed by atoms with E-state index in [2.05, 4.69) is 20.9 Å². The first kappa shape index (κ1) is 24.6. The van der Waals surface area contributed by atoms with Crippen LogP contribution in [-0.4, -0.2) is 40.0 Å². The first-order valence-corrected chi connectivity index (χ1v) is 11.6. The molecule has 0 atom stereocenters. The zero-order valence-corrected chi connectivity index (χ0v) is 20.0. The van der Waals surface area contributed by atoms with Crippen molar-refractivity contribution in [2.24, 2.45) is 0 Å². The molecule has 0 radical (unpaired) electrons. The number of carbonyl (C=O) groups is 2. The zero-order valence-electron chi connectivity index (χ0n) is 20.0. The summed E-state index contributed by atoms with van der Waals surface area (Å²) >= 11 is 0. The third-order valence-electron chi connectivity index (χ3n) is 5.26. The Labute approximate surface area is 207 Å². The normalized spacial score (nSPS) is 10.8. The molecule has 0 aliphatic rings. The van der Waals surface area contributed by atoms with Crippen LogP contribution in [0.15, 0.2) is 60.7 Å². The number of ether oxygens (including phenoxy) is 2. The number of nitrogens with zero attached hydrogens (tertiary/aromatic N) is 3. The zero-order chi connectivity index (χ0) is 25.5. The summed E-state index contributed by atoms with van der Waals surface area (Å²) in [5.41, 5.74) is 2.50. The van der Waals surface area contributed by atoms with Crippen LogP contribution in [0.5, 0.6) is 11.5 Å². The Morgan fingerprint density at radius 2 is 1.61 bits per heavy atom. The van der Waals surface area contributed by atoms with E-state index < -0.39 is 11.7 Å². The third kappa shape index (κ3) is 5.77. The summed E-state index contributed by atoms with van der Waals surface area (Å²) in [5.74, 6) is -0.581. The second-order valence-corrected chi connectivity index (χ2v) is 7.77. The molecule has 3 aromatic carbocycles. The molecule has 0 aliphatic heterocycles. The lowest BCUT2D eigenvalue weighted by Crippen LogP contribution is -2.17. The fraction of sp³-hybridized carbons (Fsp3) is 0.231. The highest BCUT2D eigenvalue weighted by molar-refractivity contribution is 6.05. The molecule has 4 rings (SSSR count). The van der Waals surface area contributed by atoms with E-state index in [0.29, 0.717) is 42.6 Å². The van der Waals surface area contributed by atoms with Crippen LogP contribution in [0.25, 0.3) is 11.0 Å². The van der Waals surface area contributed by atoms with E-state index in [9.17, 15) is 14.0 Å². The molecule has 36 heavy (non-hydrogen) atoms. The van der Waals surface area contributed by atoms with Crippen LogP contribution in [0.2, 0.25) is 0 Å². The van der Waals surface area contributed by atoms with Gasteiger partial charge in [-0.25, -0.2) is 9.07 Å². The van der Waals surface area contributed by atoms with Crippen LogP contribution >= 0.6 is 0 Å². The number of halogens is 1. The van der Waals surface area contributed by atoms with Crippen LogP contribution in [0.4, 0.5) is 15.8 Å². The van der Waals surface area contributed by atoms with Gasteiger partial charge in [0.2, 0.25) is 5.91 Å². The van der Waals surface area contributed by atoms with Crippen molar-refractivity contribution in [1.29, 1.82) is 0 Å². The van der Waals surface area contributed by atoms with E-state index in [1.165, 1.54) is 18.2 Å². The van der Waals surface area contributed by atoms with Gasteiger partial charge in [0.1, 0.15) is 22.8 Å². The van der Waals surface area contributed by atoms with E-state index in [4.69, 9.17) is 9.47 Å². The SMILES string of the molecule is CCOc1cc(NC(=O)c2cccc(F)c2)c(OCC)cc1NC(=O)CCn1nnc2ccccc21. The maximum atomic E-state index is 13.6. The molecule has 0 spiro atoms. The fourth-order valence-electron chi connectivity index (χ4n) is 3.63. The highest BCUT2D eigenvalue weighted by Gasteiger charge is 2.17. The van der Waals surface area contributed by atoms with Crippen molar-refractivity contribution in [3.8, 4) is 11.5 Å². The van der Waals surface area contributed by atoms with Crippen LogP contribution in [-0.2, 0) is 11.3 Å².